The van der Waals surface area contributed by atoms with Gasteiger partial charge in [0.15, 0.2) is 0 Å². The summed E-state index contributed by atoms with van der Waals surface area (Å²) in [5.74, 6) is 0. The lowest BCUT2D eigenvalue weighted by Crippen LogP contribution is -2.54. The van der Waals surface area contributed by atoms with Crippen LogP contribution < -0.4 is 0 Å². The Morgan fingerprint density at radius 3 is 2.18 bits per heavy atom. The van der Waals surface area contributed by atoms with Crippen molar-refractivity contribution < 1.29 is 8.42 Å². The highest BCUT2D eigenvalue weighted by molar-refractivity contribution is 7.87. The number of nitrogens with zero attached hydrogens (tertiary/aromatic N) is 2. The number of thiol groups is 1. The topological polar surface area (TPSA) is 40.6 Å². The van der Waals surface area contributed by atoms with Crippen LogP contribution in [0.4, 0.5) is 0 Å². The second-order valence-electron chi connectivity index (χ2n) is 2.76. The second-order valence-corrected chi connectivity index (χ2v) is 5.63. The lowest BCUT2D eigenvalue weighted by molar-refractivity contribution is 0.300. The Hall–Kier alpha value is 0.220. The molecule has 0 spiro atoms. The third kappa shape index (κ3) is 1.69. The van der Waals surface area contributed by atoms with Crippen molar-refractivity contribution >= 4 is 22.8 Å². The van der Waals surface area contributed by atoms with Crippen LogP contribution in [0.3, 0.4) is 0 Å². The van der Waals surface area contributed by atoms with E-state index in [4.69, 9.17) is 0 Å². The van der Waals surface area contributed by atoms with Crippen LogP contribution in [0.2, 0.25) is 0 Å². The van der Waals surface area contributed by atoms with E-state index >= 15 is 0 Å². The summed E-state index contributed by atoms with van der Waals surface area (Å²) in [5.41, 5.74) is 0. The summed E-state index contributed by atoms with van der Waals surface area (Å²) in [6.45, 7) is 1.06. The Kier molecular flexibility index (Phi) is 2.48. The normalized spacial score (nSPS) is 22.2. The molecule has 1 rings (SSSR count). The van der Waals surface area contributed by atoms with E-state index in [2.05, 4.69) is 12.6 Å². The Morgan fingerprint density at radius 1 is 1.45 bits per heavy atom. The number of hydrogen-bond donors (Lipinski definition) is 1. The van der Waals surface area contributed by atoms with Crippen LogP contribution in [0.5, 0.6) is 0 Å². The molecule has 0 aromatic rings. The monoisotopic (exact) mass is 196 g/mol. The van der Waals surface area contributed by atoms with Crippen LogP contribution in [0, 0.1) is 0 Å². The Morgan fingerprint density at radius 2 is 1.91 bits per heavy atom. The summed E-state index contributed by atoms with van der Waals surface area (Å²) < 4.78 is 25.2. The molecule has 1 aliphatic rings. The van der Waals surface area contributed by atoms with Gasteiger partial charge in [0.2, 0.25) is 0 Å². The molecule has 11 heavy (non-hydrogen) atoms. The summed E-state index contributed by atoms with van der Waals surface area (Å²) in [4.78, 5) is 0. The molecule has 6 heteroatoms. The first kappa shape index (κ1) is 9.31. The largest absolute Gasteiger partial charge is 0.281 e. The molecule has 0 bridgehead atoms. The third-order valence-corrected chi connectivity index (χ3v) is 3.82. The Balaban J connectivity index is 2.62. The molecule has 0 aromatic carbocycles. The van der Waals surface area contributed by atoms with E-state index in [0.717, 1.165) is 0 Å². The van der Waals surface area contributed by atoms with Gasteiger partial charge in [0.1, 0.15) is 0 Å². The maximum Gasteiger partial charge on any atom is 0.281 e. The van der Waals surface area contributed by atoms with Crippen molar-refractivity contribution in [2.75, 3.05) is 27.2 Å². The fourth-order valence-electron chi connectivity index (χ4n) is 0.836. The minimum Gasteiger partial charge on any atom is -0.195 e. The Labute approximate surface area is 72.8 Å². The second kappa shape index (κ2) is 2.93. The standard InChI is InChI=1S/C5H12N2O2S2/c1-6(2)11(8,9)7-3-5(10)4-7/h5,10H,3-4H2,1-2H3. The van der Waals surface area contributed by atoms with Gasteiger partial charge in [0.25, 0.3) is 10.2 Å². The maximum atomic E-state index is 11.3. The quantitative estimate of drug-likeness (QED) is 0.600. The minimum absolute atomic E-state index is 0.213. The lowest BCUT2D eigenvalue weighted by Gasteiger charge is -2.36. The SMILES string of the molecule is CN(C)S(=O)(=O)N1CC(S)C1. The van der Waals surface area contributed by atoms with Crippen molar-refractivity contribution in [2.24, 2.45) is 0 Å². The van der Waals surface area contributed by atoms with Crippen molar-refractivity contribution in [1.29, 1.82) is 0 Å². The molecule has 66 valence electrons. The van der Waals surface area contributed by atoms with Gasteiger partial charge in [-0.1, -0.05) is 0 Å². The highest BCUT2D eigenvalue weighted by atomic mass is 32.2. The van der Waals surface area contributed by atoms with Gasteiger partial charge < -0.3 is 0 Å². The van der Waals surface area contributed by atoms with Crippen molar-refractivity contribution in [2.45, 2.75) is 5.25 Å². The van der Waals surface area contributed by atoms with E-state index in [1.807, 2.05) is 0 Å². The van der Waals surface area contributed by atoms with E-state index in [-0.39, 0.29) is 5.25 Å². The van der Waals surface area contributed by atoms with Gasteiger partial charge >= 0.3 is 0 Å². The van der Waals surface area contributed by atoms with Crippen LogP contribution in [-0.2, 0) is 10.2 Å². The molecule has 1 fully saturated rings. The highest BCUT2D eigenvalue weighted by Gasteiger charge is 2.34. The average Bonchev–Trinajstić information content (AvgIpc) is 1.80. The van der Waals surface area contributed by atoms with Crippen LogP contribution >= 0.6 is 12.6 Å². The molecule has 0 aromatic heterocycles. The van der Waals surface area contributed by atoms with Crippen LogP contribution in [0.25, 0.3) is 0 Å². The van der Waals surface area contributed by atoms with Gasteiger partial charge in [-0.05, 0) is 0 Å². The number of hydrogen-bond acceptors (Lipinski definition) is 3. The molecule has 0 N–H and O–H groups in total. The molecule has 0 aliphatic carbocycles. The highest BCUT2D eigenvalue weighted by Crippen LogP contribution is 2.18. The third-order valence-electron chi connectivity index (χ3n) is 1.62. The van der Waals surface area contributed by atoms with Crippen molar-refractivity contribution in [1.82, 2.24) is 8.61 Å². The molecule has 0 saturated carbocycles. The van der Waals surface area contributed by atoms with Crippen LogP contribution in [0.1, 0.15) is 0 Å². The fourth-order valence-corrected chi connectivity index (χ4v) is 2.65. The minimum atomic E-state index is -3.16. The van der Waals surface area contributed by atoms with Crippen LogP contribution in [-0.4, -0.2) is 49.5 Å². The average molecular weight is 196 g/mol. The predicted octanol–water partition coefficient (Wildman–Crippen LogP) is -0.593. The molecule has 0 radical (unpaired) electrons. The van der Waals surface area contributed by atoms with Crippen molar-refractivity contribution in [3.05, 3.63) is 0 Å². The van der Waals surface area contributed by atoms with E-state index in [9.17, 15) is 8.42 Å². The van der Waals surface area contributed by atoms with Crippen molar-refractivity contribution in [3.63, 3.8) is 0 Å². The predicted molar refractivity (Wildman–Crippen MR) is 47.0 cm³/mol. The van der Waals surface area contributed by atoms with Gasteiger partial charge in [-0.25, -0.2) is 0 Å². The molecule has 1 aliphatic heterocycles. The zero-order valence-corrected chi connectivity index (χ0v) is 8.27. The molecule has 1 heterocycles. The van der Waals surface area contributed by atoms with Gasteiger partial charge in [-0.3, -0.25) is 0 Å². The van der Waals surface area contributed by atoms with E-state index in [1.165, 1.54) is 22.7 Å². The molecule has 1 saturated heterocycles. The molecule has 0 atom stereocenters. The van der Waals surface area contributed by atoms with Gasteiger partial charge in [-0.15, -0.1) is 0 Å². The molecule has 0 unspecified atom stereocenters. The Bertz CT molecular complexity index is 231. The van der Waals surface area contributed by atoms with Gasteiger partial charge in [0.05, 0.1) is 0 Å². The summed E-state index contributed by atoms with van der Waals surface area (Å²) >= 11 is 4.12. The first-order valence-electron chi connectivity index (χ1n) is 3.30. The number of rotatable bonds is 2. The molecule has 0 amide bonds. The first-order valence-corrected chi connectivity index (χ1v) is 5.21. The van der Waals surface area contributed by atoms with Gasteiger partial charge in [-0.2, -0.15) is 29.7 Å². The van der Waals surface area contributed by atoms with E-state index in [0.29, 0.717) is 13.1 Å². The van der Waals surface area contributed by atoms with Crippen LogP contribution in [0.15, 0.2) is 0 Å². The lowest BCUT2D eigenvalue weighted by atomic mass is 10.3. The zero-order valence-electron chi connectivity index (χ0n) is 6.56. The zero-order chi connectivity index (χ0) is 8.65. The van der Waals surface area contributed by atoms with E-state index < -0.39 is 10.2 Å². The van der Waals surface area contributed by atoms with E-state index in [1.54, 1.807) is 0 Å². The van der Waals surface area contributed by atoms with Gasteiger partial charge in [0, 0.05) is 32.4 Å². The summed E-state index contributed by atoms with van der Waals surface area (Å²) in [7, 11) is -0.0974. The summed E-state index contributed by atoms with van der Waals surface area (Å²) in [6.07, 6.45) is 0. The first-order chi connectivity index (χ1) is 4.94. The molecule has 4 nitrogen and oxygen atoms in total. The fraction of sp³-hybridized carbons (Fsp3) is 1.00. The summed E-state index contributed by atoms with van der Waals surface area (Å²) in [5, 5.41) is 0.213. The smallest absolute Gasteiger partial charge is 0.195 e. The molecular weight excluding hydrogens is 184 g/mol. The maximum absolute atomic E-state index is 11.3. The molecular formula is C5H12N2O2S2. The van der Waals surface area contributed by atoms with Crippen molar-refractivity contribution in [3.8, 4) is 0 Å². The summed E-state index contributed by atoms with van der Waals surface area (Å²) in [6, 6.07) is 0.